The SMILES string of the molecule is CCCOCC(O)CN(CC)c1ccccc1. The monoisotopic (exact) mass is 237 g/mol. The summed E-state index contributed by atoms with van der Waals surface area (Å²) < 4.78 is 5.35. The normalized spacial score (nSPS) is 12.4. The zero-order valence-electron chi connectivity index (χ0n) is 10.8. The van der Waals surface area contributed by atoms with Crippen LogP contribution in [-0.2, 0) is 4.74 Å². The molecule has 0 aliphatic carbocycles. The summed E-state index contributed by atoms with van der Waals surface area (Å²) >= 11 is 0. The maximum absolute atomic E-state index is 9.87. The van der Waals surface area contributed by atoms with Crippen molar-refractivity contribution in [2.75, 3.05) is 31.2 Å². The van der Waals surface area contributed by atoms with Gasteiger partial charge in [0.25, 0.3) is 0 Å². The van der Waals surface area contributed by atoms with Gasteiger partial charge in [-0.3, -0.25) is 0 Å². The lowest BCUT2D eigenvalue weighted by molar-refractivity contribution is 0.0407. The molecule has 3 heteroatoms. The smallest absolute Gasteiger partial charge is 0.0947 e. The summed E-state index contributed by atoms with van der Waals surface area (Å²) in [5.74, 6) is 0. The molecule has 0 bridgehead atoms. The molecule has 1 atom stereocenters. The molecule has 0 heterocycles. The number of para-hydroxylation sites is 1. The van der Waals surface area contributed by atoms with E-state index in [2.05, 4.69) is 30.9 Å². The quantitative estimate of drug-likeness (QED) is 0.704. The molecule has 3 nitrogen and oxygen atoms in total. The minimum Gasteiger partial charge on any atom is -0.389 e. The topological polar surface area (TPSA) is 32.7 Å². The predicted octanol–water partition coefficient (Wildman–Crippen LogP) is 2.30. The van der Waals surface area contributed by atoms with Gasteiger partial charge >= 0.3 is 0 Å². The molecule has 1 aromatic carbocycles. The number of aliphatic hydroxyl groups is 1. The van der Waals surface area contributed by atoms with Gasteiger partial charge in [0.05, 0.1) is 12.7 Å². The van der Waals surface area contributed by atoms with E-state index in [1.165, 1.54) is 0 Å². The molecule has 0 fully saturated rings. The molecule has 0 saturated heterocycles. The van der Waals surface area contributed by atoms with Crippen LogP contribution in [0.1, 0.15) is 20.3 Å². The molecule has 0 spiro atoms. The molecule has 0 aliphatic rings. The lowest BCUT2D eigenvalue weighted by Gasteiger charge is -2.25. The van der Waals surface area contributed by atoms with Crippen LogP contribution in [0, 0.1) is 0 Å². The van der Waals surface area contributed by atoms with Gasteiger partial charge in [-0.15, -0.1) is 0 Å². The Kier molecular flexibility index (Phi) is 6.67. The van der Waals surface area contributed by atoms with E-state index in [1.54, 1.807) is 0 Å². The summed E-state index contributed by atoms with van der Waals surface area (Å²) in [6.45, 7) is 6.78. The zero-order valence-corrected chi connectivity index (χ0v) is 10.8. The average molecular weight is 237 g/mol. The number of anilines is 1. The van der Waals surface area contributed by atoms with E-state index in [0.717, 1.165) is 18.7 Å². The van der Waals surface area contributed by atoms with E-state index in [4.69, 9.17) is 4.74 Å². The van der Waals surface area contributed by atoms with E-state index in [9.17, 15) is 5.11 Å². The van der Waals surface area contributed by atoms with Crippen molar-refractivity contribution < 1.29 is 9.84 Å². The van der Waals surface area contributed by atoms with Crippen LogP contribution in [0.3, 0.4) is 0 Å². The number of likely N-dealkylation sites (N-methyl/N-ethyl adjacent to an activating group) is 1. The number of benzene rings is 1. The Balaban J connectivity index is 2.41. The molecular formula is C14H23NO2. The fraction of sp³-hybridized carbons (Fsp3) is 0.571. The minimum atomic E-state index is -0.429. The van der Waals surface area contributed by atoms with Crippen molar-refractivity contribution in [1.29, 1.82) is 0 Å². The third-order valence-corrected chi connectivity index (χ3v) is 2.59. The van der Waals surface area contributed by atoms with Gasteiger partial charge in [-0.1, -0.05) is 25.1 Å². The van der Waals surface area contributed by atoms with Crippen molar-refractivity contribution in [2.24, 2.45) is 0 Å². The van der Waals surface area contributed by atoms with Crippen molar-refractivity contribution in [2.45, 2.75) is 26.4 Å². The second kappa shape index (κ2) is 8.09. The lowest BCUT2D eigenvalue weighted by atomic mass is 10.2. The second-order valence-electron chi connectivity index (χ2n) is 4.10. The summed E-state index contributed by atoms with van der Waals surface area (Å²) in [6, 6.07) is 10.1. The Bertz CT molecular complexity index is 290. The number of hydrogen-bond acceptors (Lipinski definition) is 3. The van der Waals surface area contributed by atoms with Gasteiger partial charge < -0.3 is 14.7 Å². The first-order valence-electron chi connectivity index (χ1n) is 6.33. The Morgan fingerprint density at radius 2 is 1.94 bits per heavy atom. The number of nitrogens with zero attached hydrogens (tertiary/aromatic N) is 1. The highest BCUT2D eigenvalue weighted by atomic mass is 16.5. The molecule has 1 N–H and O–H groups in total. The van der Waals surface area contributed by atoms with E-state index >= 15 is 0 Å². The molecule has 17 heavy (non-hydrogen) atoms. The summed E-state index contributed by atoms with van der Waals surface area (Å²) in [5.41, 5.74) is 1.14. The van der Waals surface area contributed by atoms with Gasteiger partial charge in [0, 0.05) is 25.4 Å². The fourth-order valence-electron chi connectivity index (χ4n) is 1.73. The molecule has 1 aromatic rings. The van der Waals surface area contributed by atoms with Crippen molar-refractivity contribution in [3.05, 3.63) is 30.3 Å². The third-order valence-electron chi connectivity index (χ3n) is 2.59. The average Bonchev–Trinajstić information content (AvgIpc) is 2.37. The highest BCUT2D eigenvalue weighted by molar-refractivity contribution is 5.45. The van der Waals surface area contributed by atoms with E-state index < -0.39 is 6.10 Å². The fourth-order valence-corrected chi connectivity index (χ4v) is 1.73. The molecule has 0 aromatic heterocycles. The Morgan fingerprint density at radius 3 is 2.53 bits per heavy atom. The standard InChI is InChI=1S/C14H23NO2/c1-3-10-17-12-14(16)11-15(4-2)13-8-6-5-7-9-13/h5-9,14,16H,3-4,10-12H2,1-2H3. The van der Waals surface area contributed by atoms with E-state index in [0.29, 0.717) is 19.8 Å². The zero-order chi connectivity index (χ0) is 12.5. The largest absolute Gasteiger partial charge is 0.389 e. The maximum Gasteiger partial charge on any atom is 0.0947 e. The van der Waals surface area contributed by atoms with Crippen LogP contribution in [-0.4, -0.2) is 37.5 Å². The van der Waals surface area contributed by atoms with Crippen LogP contribution >= 0.6 is 0 Å². The van der Waals surface area contributed by atoms with Crippen LogP contribution < -0.4 is 4.90 Å². The van der Waals surface area contributed by atoms with Crippen LogP contribution in [0.15, 0.2) is 30.3 Å². The number of hydrogen-bond donors (Lipinski definition) is 1. The molecule has 0 amide bonds. The van der Waals surface area contributed by atoms with E-state index in [1.807, 2.05) is 18.2 Å². The van der Waals surface area contributed by atoms with Crippen LogP contribution in [0.25, 0.3) is 0 Å². The van der Waals surface area contributed by atoms with E-state index in [-0.39, 0.29) is 0 Å². The van der Waals surface area contributed by atoms with Crippen LogP contribution in [0.2, 0.25) is 0 Å². The molecule has 1 rings (SSSR count). The molecule has 1 unspecified atom stereocenters. The lowest BCUT2D eigenvalue weighted by Crippen LogP contribution is -2.34. The summed E-state index contributed by atoms with van der Waals surface area (Å²) in [5, 5.41) is 9.87. The van der Waals surface area contributed by atoms with Gasteiger partial charge in [0.1, 0.15) is 0 Å². The van der Waals surface area contributed by atoms with Gasteiger partial charge in [-0.05, 0) is 25.5 Å². The highest BCUT2D eigenvalue weighted by Gasteiger charge is 2.10. The molecule has 0 aliphatic heterocycles. The first kappa shape index (κ1) is 14.0. The van der Waals surface area contributed by atoms with Crippen molar-refractivity contribution in [3.8, 4) is 0 Å². The summed E-state index contributed by atoms with van der Waals surface area (Å²) in [6.07, 6.45) is 0.560. The first-order valence-corrected chi connectivity index (χ1v) is 6.33. The van der Waals surface area contributed by atoms with Crippen molar-refractivity contribution in [1.82, 2.24) is 0 Å². The van der Waals surface area contributed by atoms with Gasteiger partial charge in [-0.2, -0.15) is 0 Å². The Hall–Kier alpha value is -1.06. The summed E-state index contributed by atoms with van der Waals surface area (Å²) in [7, 11) is 0. The molecule has 0 saturated carbocycles. The Labute approximate surface area is 104 Å². The Morgan fingerprint density at radius 1 is 1.24 bits per heavy atom. The number of rotatable bonds is 8. The number of ether oxygens (including phenoxy) is 1. The van der Waals surface area contributed by atoms with Crippen LogP contribution in [0.5, 0.6) is 0 Å². The maximum atomic E-state index is 9.87. The van der Waals surface area contributed by atoms with Crippen molar-refractivity contribution >= 4 is 5.69 Å². The first-order chi connectivity index (χ1) is 8.27. The van der Waals surface area contributed by atoms with Gasteiger partial charge in [0.15, 0.2) is 0 Å². The van der Waals surface area contributed by atoms with Gasteiger partial charge in [0.2, 0.25) is 0 Å². The third kappa shape index (κ3) is 5.20. The van der Waals surface area contributed by atoms with Crippen LogP contribution in [0.4, 0.5) is 5.69 Å². The number of aliphatic hydroxyl groups excluding tert-OH is 1. The van der Waals surface area contributed by atoms with Crippen molar-refractivity contribution in [3.63, 3.8) is 0 Å². The summed E-state index contributed by atoms with van der Waals surface area (Å²) in [4.78, 5) is 2.15. The molecular weight excluding hydrogens is 214 g/mol. The molecule has 96 valence electrons. The minimum absolute atomic E-state index is 0.414. The highest BCUT2D eigenvalue weighted by Crippen LogP contribution is 2.13. The second-order valence-corrected chi connectivity index (χ2v) is 4.10. The predicted molar refractivity (Wildman–Crippen MR) is 71.4 cm³/mol. The van der Waals surface area contributed by atoms with Gasteiger partial charge in [-0.25, -0.2) is 0 Å². The molecule has 0 radical (unpaired) electrons.